The van der Waals surface area contributed by atoms with E-state index >= 15 is 0 Å². The van der Waals surface area contributed by atoms with Gasteiger partial charge in [-0.25, -0.2) is 0 Å². The molecule has 3 aromatic heterocycles. The van der Waals surface area contributed by atoms with Gasteiger partial charge in [-0.3, -0.25) is 0 Å². The van der Waals surface area contributed by atoms with Gasteiger partial charge < -0.3 is 13.7 Å². The van der Waals surface area contributed by atoms with Crippen molar-refractivity contribution in [2.24, 2.45) is 0 Å². The molecule has 0 unspecified atom stereocenters. The number of rotatable bonds is 5. The van der Waals surface area contributed by atoms with Gasteiger partial charge in [0.1, 0.15) is 5.75 Å². The summed E-state index contributed by atoms with van der Waals surface area (Å²) in [6.45, 7) is 0.230. The Labute approximate surface area is 134 Å². The summed E-state index contributed by atoms with van der Waals surface area (Å²) in [6.07, 6.45) is 1.29. The molecule has 0 saturated carbocycles. The average Bonchev–Trinajstić information content (AvgIpc) is 3.35. The molecule has 0 spiro atoms. The van der Waals surface area contributed by atoms with Crippen molar-refractivity contribution in [1.29, 1.82) is 0 Å². The monoisotopic (exact) mass is 326 g/mol. The molecule has 0 saturated heterocycles. The normalized spacial score (nSPS) is 10.8. The molecular formula is C15H10N4O3S. The third-order valence-corrected chi connectivity index (χ3v) is 3.75. The molecule has 3 heterocycles. The van der Waals surface area contributed by atoms with Crippen LogP contribution in [-0.2, 0) is 6.61 Å². The zero-order valence-electron chi connectivity index (χ0n) is 11.7. The van der Waals surface area contributed by atoms with Gasteiger partial charge in [-0.05, 0) is 35.7 Å². The Morgan fingerprint density at radius 1 is 1.04 bits per heavy atom. The number of ether oxygens (including phenoxy) is 1. The fourth-order valence-corrected chi connectivity index (χ4v) is 2.59. The lowest BCUT2D eigenvalue weighted by atomic mass is 10.2. The van der Waals surface area contributed by atoms with E-state index in [-0.39, 0.29) is 6.61 Å². The summed E-state index contributed by atoms with van der Waals surface area (Å²) in [7, 11) is 0. The van der Waals surface area contributed by atoms with Crippen LogP contribution < -0.4 is 4.74 Å². The molecule has 4 rings (SSSR count). The van der Waals surface area contributed by atoms with E-state index in [0.717, 1.165) is 11.1 Å². The van der Waals surface area contributed by atoms with E-state index in [1.54, 1.807) is 11.3 Å². The molecule has 114 valence electrons. The fraction of sp³-hybridized carbons (Fsp3) is 0.0667. The molecule has 0 atom stereocenters. The summed E-state index contributed by atoms with van der Waals surface area (Å²) in [4.78, 5) is 4.30. The topological polar surface area (TPSA) is 87.1 Å². The van der Waals surface area contributed by atoms with Crippen LogP contribution in [0.1, 0.15) is 5.82 Å². The van der Waals surface area contributed by atoms with Gasteiger partial charge in [0.05, 0.1) is 5.56 Å². The summed E-state index contributed by atoms with van der Waals surface area (Å²) in [5, 5.41) is 15.3. The second-order valence-corrected chi connectivity index (χ2v) is 5.36. The smallest absolute Gasteiger partial charge is 0.258 e. The molecular weight excluding hydrogens is 316 g/mol. The minimum atomic E-state index is 0.230. The maximum atomic E-state index is 5.65. The molecule has 0 N–H and O–H groups in total. The SMILES string of the molecule is c1nnc(-c2ccc(OCc3noc(-c4ccsc4)n3)cc2)o1. The van der Waals surface area contributed by atoms with Crippen molar-refractivity contribution in [3.05, 3.63) is 53.3 Å². The molecule has 0 aliphatic heterocycles. The van der Waals surface area contributed by atoms with E-state index in [2.05, 4.69) is 20.3 Å². The number of thiophene rings is 1. The second kappa shape index (κ2) is 6.01. The highest BCUT2D eigenvalue weighted by atomic mass is 32.1. The highest BCUT2D eigenvalue weighted by Gasteiger charge is 2.10. The summed E-state index contributed by atoms with van der Waals surface area (Å²) >= 11 is 1.58. The first-order valence-electron chi connectivity index (χ1n) is 6.73. The number of hydrogen-bond acceptors (Lipinski definition) is 8. The minimum absolute atomic E-state index is 0.230. The van der Waals surface area contributed by atoms with E-state index in [1.165, 1.54) is 6.39 Å². The largest absolute Gasteiger partial charge is 0.485 e. The summed E-state index contributed by atoms with van der Waals surface area (Å²) in [6, 6.07) is 9.25. The first-order valence-corrected chi connectivity index (χ1v) is 7.67. The van der Waals surface area contributed by atoms with Crippen LogP contribution in [0.25, 0.3) is 22.9 Å². The number of hydrogen-bond donors (Lipinski definition) is 0. The lowest BCUT2D eigenvalue weighted by Gasteiger charge is -2.03. The highest BCUT2D eigenvalue weighted by Crippen LogP contribution is 2.22. The van der Waals surface area contributed by atoms with Crippen LogP contribution in [0.4, 0.5) is 0 Å². The van der Waals surface area contributed by atoms with Gasteiger partial charge in [0.25, 0.3) is 5.89 Å². The molecule has 23 heavy (non-hydrogen) atoms. The lowest BCUT2D eigenvalue weighted by molar-refractivity contribution is 0.287. The van der Waals surface area contributed by atoms with E-state index in [9.17, 15) is 0 Å². The Morgan fingerprint density at radius 2 is 1.96 bits per heavy atom. The first-order chi connectivity index (χ1) is 11.4. The van der Waals surface area contributed by atoms with Crippen molar-refractivity contribution < 1.29 is 13.7 Å². The predicted molar refractivity (Wildman–Crippen MR) is 81.7 cm³/mol. The molecule has 0 radical (unpaired) electrons. The average molecular weight is 326 g/mol. The number of nitrogens with zero attached hydrogens (tertiary/aromatic N) is 4. The van der Waals surface area contributed by atoms with Crippen molar-refractivity contribution in [3.63, 3.8) is 0 Å². The van der Waals surface area contributed by atoms with Gasteiger partial charge in [-0.15, -0.1) is 10.2 Å². The van der Waals surface area contributed by atoms with Crippen LogP contribution in [-0.4, -0.2) is 20.3 Å². The highest BCUT2D eigenvalue weighted by molar-refractivity contribution is 7.08. The predicted octanol–water partition coefficient (Wildman–Crippen LogP) is 3.43. The van der Waals surface area contributed by atoms with E-state index in [4.69, 9.17) is 13.7 Å². The molecule has 0 fully saturated rings. The molecule has 0 amide bonds. The van der Waals surface area contributed by atoms with Crippen LogP contribution in [0.5, 0.6) is 5.75 Å². The zero-order valence-corrected chi connectivity index (χ0v) is 12.6. The Bertz CT molecular complexity index is 870. The Hall–Kier alpha value is -3.00. The quantitative estimate of drug-likeness (QED) is 0.555. The lowest BCUT2D eigenvalue weighted by Crippen LogP contribution is -1.97. The van der Waals surface area contributed by atoms with Crippen molar-refractivity contribution in [1.82, 2.24) is 20.3 Å². The Balaban J connectivity index is 1.41. The Morgan fingerprint density at radius 3 is 2.70 bits per heavy atom. The summed E-state index contributed by atoms with van der Waals surface area (Å²) < 4.78 is 16.0. The maximum absolute atomic E-state index is 5.65. The van der Waals surface area contributed by atoms with Gasteiger partial charge >= 0.3 is 0 Å². The zero-order chi connectivity index (χ0) is 15.5. The molecule has 0 aliphatic carbocycles. The van der Waals surface area contributed by atoms with Gasteiger partial charge in [0.15, 0.2) is 6.61 Å². The van der Waals surface area contributed by atoms with Crippen molar-refractivity contribution in [2.45, 2.75) is 6.61 Å². The van der Waals surface area contributed by atoms with Crippen molar-refractivity contribution >= 4 is 11.3 Å². The van der Waals surface area contributed by atoms with E-state index in [1.807, 2.05) is 41.1 Å². The molecule has 7 nitrogen and oxygen atoms in total. The first kappa shape index (κ1) is 13.6. The number of aromatic nitrogens is 4. The van der Waals surface area contributed by atoms with Crippen LogP contribution in [0.2, 0.25) is 0 Å². The van der Waals surface area contributed by atoms with Crippen LogP contribution in [0, 0.1) is 0 Å². The standard InChI is InChI=1S/C15H10N4O3S/c1-3-12(4-2-10(1)15-18-16-9-21-15)20-7-13-17-14(22-19-13)11-5-6-23-8-11/h1-6,8-9H,7H2. The second-order valence-electron chi connectivity index (χ2n) is 4.58. The van der Waals surface area contributed by atoms with Crippen molar-refractivity contribution in [2.75, 3.05) is 0 Å². The minimum Gasteiger partial charge on any atom is -0.485 e. The van der Waals surface area contributed by atoms with Crippen LogP contribution >= 0.6 is 11.3 Å². The molecule has 0 aliphatic rings. The van der Waals surface area contributed by atoms with Crippen LogP contribution in [0.15, 0.2) is 56.4 Å². The third-order valence-electron chi connectivity index (χ3n) is 3.07. The summed E-state index contributed by atoms with van der Waals surface area (Å²) in [5.74, 6) is 2.15. The van der Waals surface area contributed by atoms with Gasteiger partial charge in [0.2, 0.25) is 18.1 Å². The van der Waals surface area contributed by atoms with Gasteiger partial charge in [-0.1, -0.05) is 5.16 Å². The van der Waals surface area contributed by atoms with Gasteiger partial charge in [0, 0.05) is 10.9 Å². The molecule has 4 aromatic rings. The van der Waals surface area contributed by atoms with Crippen LogP contribution in [0.3, 0.4) is 0 Å². The molecule has 8 heteroatoms. The Kier molecular flexibility index (Phi) is 3.57. The fourth-order valence-electron chi connectivity index (χ4n) is 1.96. The van der Waals surface area contributed by atoms with Gasteiger partial charge in [-0.2, -0.15) is 16.3 Å². The maximum Gasteiger partial charge on any atom is 0.258 e. The number of benzene rings is 1. The molecule has 1 aromatic carbocycles. The third kappa shape index (κ3) is 2.97. The summed E-state index contributed by atoms with van der Waals surface area (Å²) in [5.41, 5.74) is 1.74. The van der Waals surface area contributed by atoms with E-state index in [0.29, 0.717) is 23.4 Å². The van der Waals surface area contributed by atoms with Crippen molar-refractivity contribution in [3.8, 4) is 28.7 Å². The molecule has 0 bridgehead atoms. The van der Waals surface area contributed by atoms with E-state index < -0.39 is 0 Å².